The minimum absolute atomic E-state index is 0.0136. The highest BCUT2D eigenvalue weighted by Gasteiger charge is 2.14. The first kappa shape index (κ1) is 15.4. The van der Waals surface area contributed by atoms with Crippen LogP contribution in [-0.4, -0.2) is 23.3 Å². The number of nitrogens with one attached hydrogen (secondary N) is 1. The smallest absolute Gasteiger partial charge is 0.233 e. The summed E-state index contributed by atoms with van der Waals surface area (Å²) in [6, 6.07) is 11.5. The Morgan fingerprint density at radius 1 is 1.33 bits per heavy atom. The normalized spacial score (nSPS) is 11.7. The Balaban J connectivity index is 1.84. The summed E-state index contributed by atoms with van der Waals surface area (Å²) in [6.07, 6.45) is 3.47. The molecule has 0 saturated carbocycles. The second kappa shape index (κ2) is 7.69. The van der Waals surface area contributed by atoms with Crippen molar-refractivity contribution in [3.05, 3.63) is 54.4 Å². The summed E-state index contributed by atoms with van der Waals surface area (Å²) in [4.78, 5) is 17.1. The number of carbonyl (C=O) groups is 1. The molecule has 1 amide bonds. The molecule has 2 rings (SSSR count). The quantitative estimate of drug-likeness (QED) is 0.834. The van der Waals surface area contributed by atoms with Gasteiger partial charge in [0.15, 0.2) is 0 Å². The monoisotopic (exact) mass is 302 g/mol. The lowest BCUT2D eigenvalue weighted by Gasteiger charge is -2.12. The van der Waals surface area contributed by atoms with Crippen LogP contribution in [0, 0.1) is 0 Å². The maximum Gasteiger partial charge on any atom is 0.233 e. The van der Waals surface area contributed by atoms with Gasteiger partial charge in [0, 0.05) is 23.8 Å². The number of carbonyl (C=O) groups excluding carboxylic acids is 1. The van der Waals surface area contributed by atoms with Gasteiger partial charge < -0.3 is 10.1 Å². The van der Waals surface area contributed by atoms with Crippen molar-refractivity contribution in [3.63, 3.8) is 0 Å². The highest BCUT2D eigenvalue weighted by molar-refractivity contribution is 8.00. The van der Waals surface area contributed by atoms with Gasteiger partial charge in [0.2, 0.25) is 5.91 Å². The molecule has 1 atom stereocenters. The van der Waals surface area contributed by atoms with Gasteiger partial charge >= 0.3 is 0 Å². The number of pyridine rings is 1. The van der Waals surface area contributed by atoms with E-state index < -0.39 is 0 Å². The molecule has 1 aromatic heterocycles. The molecule has 4 nitrogen and oxygen atoms in total. The van der Waals surface area contributed by atoms with Crippen LogP contribution in [0.4, 0.5) is 0 Å². The minimum Gasteiger partial charge on any atom is -0.497 e. The molecule has 0 radical (unpaired) electrons. The Labute approximate surface area is 128 Å². The molecule has 2 aromatic rings. The van der Waals surface area contributed by atoms with E-state index in [-0.39, 0.29) is 11.2 Å². The summed E-state index contributed by atoms with van der Waals surface area (Å²) >= 11 is 1.52. The van der Waals surface area contributed by atoms with E-state index in [2.05, 4.69) is 10.3 Å². The van der Waals surface area contributed by atoms with Crippen LogP contribution in [-0.2, 0) is 11.3 Å². The SMILES string of the molecule is COc1ccc(S[C@@H](C)C(=O)NCc2cccnc2)cc1. The van der Waals surface area contributed by atoms with Crippen LogP contribution >= 0.6 is 11.8 Å². The van der Waals surface area contributed by atoms with Crippen LogP contribution < -0.4 is 10.1 Å². The molecule has 110 valence electrons. The van der Waals surface area contributed by atoms with Gasteiger partial charge in [0.05, 0.1) is 12.4 Å². The number of aromatic nitrogens is 1. The molecule has 1 aromatic carbocycles. The Hall–Kier alpha value is -2.01. The predicted molar refractivity (Wildman–Crippen MR) is 84.4 cm³/mol. The summed E-state index contributed by atoms with van der Waals surface area (Å²) in [5.41, 5.74) is 0.993. The van der Waals surface area contributed by atoms with Crippen LogP contribution in [0.2, 0.25) is 0 Å². The van der Waals surface area contributed by atoms with Crippen molar-refractivity contribution in [1.29, 1.82) is 0 Å². The van der Waals surface area contributed by atoms with Crippen molar-refractivity contribution in [1.82, 2.24) is 10.3 Å². The highest BCUT2D eigenvalue weighted by Crippen LogP contribution is 2.25. The summed E-state index contributed by atoms with van der Waals surface area (Å²) in [6.45, 7) is 2.40. The Morgan fingerprint density at radius 2 is 2.10 bits per heavy atom. The second-order valence-electron chi connectivity index (χ2n) is 4.51. The van der Waals surface area contributed by atoms with Crippen molar-refractivity contribution in [2.45, 2.75) is 23.6 Å². The van der Waals surface area contributed by atoms with Gasteiger partial charge in [-0.15, -0.1) is 11.8 Å². The van der Waals surface area contributed by atoms with Crippen LogP contribution in [0.25, 0.3) is 0 Å². The third kappa shape index (κ3) is 4.79. The number of nitrogens with zero attached hydrogens (tertiary/aromatic N) is 1. The van der Waals surface area contributed by atoms with Crippen LogP contribution in [0.5, 0.6) is 5.75 Å². The summed E-state index contributed by atoms with van der Waals surface area (Å²) < 4.78 is 5.11. The number of benzene rings is 1. The first-order chi connectivity index (χ1) is 10.2. The van der Waals surface area contributed by atoms with E-state index in [1.165, 1.54) is 11.8 Å². The van der Waals surface area contributed by atoms with E-state index in [4.69, 9.17) is 4.74 Å². The lowest BCUT2D eigenvalue weighted by atomic mass is 10.3. The molecule has 0 spiro atoms. The number of thioether (sulfide) groups is 1. The lowest BCUT2D eigenvalue weighted by Crippen LogP contribution is -2.30. The maximum absolute atomic E-state index is 12.1. The van der Waals surface area contributed by atoms with E-state index in [9.17, 15) is 4.79 Å². The first-order valence-corrected chi connectivity index (χ1v) is 7.54. The van der Waals surface area contributed by atoms with Crippen molar-refractivity contribution < 1.29 is 9.53 Å². The zero-order valence-electron chi connectivity index (χ0n) is 12.1. The maximum atomic E-state index is 12.1. The van der Waals surface area contributed by atoms with Crippen LogP contribution in [0.3, 0.4) is 0 Å². The fourth-order valence-corrected chi connectivity index (χ4v) is 2.64. The first-order valence-electron chi connectivity index (χ1n) is 6.66. The van der Waals surface area contributed by atoms with Gasteiger partial charge in [-0.25, -0.2) is 0 Å². The van der Waals surface area contributed by atoms with Gasteiger partial charge in [-0.3, -0.25) is 9.78 Å². The van der Waals surface area contributed by atoms with Gasteiger partial charge in [-0.05, 0) is 42.8 Å². The molecule has 1 heterocycles. The number of ether oxygens (including phenoxy) is 1. The highest BCUT2D eigenvalue weighted by atomic mass is 32.2. The largest absolute Gasteiger partial charge is 0.497 e. The van der Waals surface area contributed by atoms with Crippen molar-refractivity contribution >= 4 is 17.7 Å². The zero-order valence-corrected chi connectivity index (χ0v) is 12.9. The van der Waals surface area contributed by atoms with E-state index in [0.717, 1.165) is 16.2 Å². The van der Waals surface area contributed by atoms with E-state index in [1.807, 2.05) is 43.3 Å². The Morgan fingerprint density at radius 3 is 2.71 bits per heavy atom. The second-order valence-corrected chi connectivity index (χ2v) is 5.93. The zero-order chi connectivity index (χ0) is 15.1. The minimum atomic E-state index is -0.157. The molecular weight excluding hydrogens is 284 g/mol. The van der Waals surface area contributed by atoms with E-state index in [1.54, 1.807) is 19.5 Å². The Bertz CT molecular complexity index is 573. The average Bonchev–Trinajstić information content (AvgIpc) is 2.54. The third-order valence-corrected chi connectivity index (χ3v) is 4.04. The summed E-state index contributed by atoms with van der Waals surface area (Å²) in [7, 11) is 1.64. The number of amides is 1. The van der Waals surface area contributed by atoms with Gasteiger partial charge in [0.1, 0.15) is 5.75 Å². The molecular formula is C16H18N2O2S. The fourth-order valence-electron chi connectivity index (χ4n) is 1.75. The molecule has 0 unspecified atom stereocenters. The standard InChI is InChI=1S/C16H18N2O2S/c1-12(21-15-7-5-14(20-2)6-8-15)16(19)18-11-13-4-3-9-17-10-13/h3-10,12H,11H2,1-2H3,(H,18,19)/t12-/m0/s1. The van der Waals surface area contributed by atoms with Crippen molar-refractivity contribution in [2.75, 3.05) is 7.11 Å². The molecule has 0 bridgehead atoms. The van der Waals surface area contributed by atoms with Crippen molar-refractivity contribution in [2.24, 2.45) is 0 Å². The van der Waals surface area contributed by atoms with Crippen LogP contribution in [0.15, 0.2) is 53.7 Å². The van der Waals surface area contributed by atoms with Gasteiger partial charge in [0.25, 0.3) is 0 Å². The molecule has 0 aliphatic heterocycles. The van der Waals surface area contributed by atoms with E-state index in [0.29, 0.717) is 6.54 Å². The van der Waals surface area contributed by atoms with Crippen molar-refractivity contribution in [3.8, 4) is 5.75 Å². The molecule has 21 heavy (non-hydrogen) atoms. The molecule has 0 fully saturated rings. The van der Waals surface area contributed by atoms with Crippen LogP contribution in [0.1, 0.15) is 12.5 Å². The predicted octanol–water partition coefficient (Wildman–Crippen LogP) is 2.89. The number of hydrogen-bond acceptors (Lipinski definition) is 4. The summed E-state index contributed by atoms with van der Waals surface area (Å²) in [5.74, 6) is 0.827. The molecule has 0 aliphatic rings. The number of methoxy groups -OCH3 is 1. The molecule has 0 aliphatic carbocycles. The molecule has 5 heteroatoms. The topological polar surface area (TPSA) is 51.2 Å². The molecule has 1 N–H and O–H groups in total. The molecule has 0 saturated heterocycles. The fraction of sp³-hybridized carbons (Fsp3) is 0.250. The Kier molecular flexibility index (Phi) is 5.63. The summed E-state index contributed by atoms with van der Waals surface area (Å²) in [5, 5.41) is 2.76. The van der Waals surface area contributed by atoms with Gasteiger partial charge in [-0.2, -0.15) is 0 Å². The number of rotatable bonds is 6. The van der Waals surface area contributed by atoms with Gasteiger partial charge in [-0.1, -0.05) is 6.07 Å². The lowest BCUT2D eigenvalue weighted by molar-refractivity contribution is -0.120. The third-order valence-electron chi connectivity index (χ3n) is 2.93. The average molecular weight is 302 g/mol. The van der Waals surface area contributed by atoms with E-state index >= 15 is 0 Å². The number of hydrogen-bond donors (Lipinski definition) is 1.